The molecular weight excluding hydrogens is 246 g/mol. The summed E-state index contributed by atoms with van der Waals surface area (Å²) in [5.74, 6) is -2.53. The number of aliphatic hydroxyl groups excluding tert-OH is 1. The van der Waals surface area contributed by atoms with Crippen molar-refractivity contribution in [3.63, 3.8) is 0 Å². The number of carbonyl (C=O) groups excluding carboxylic acids is 3. The van der Waals surface area contributed by atoms with E-state index in [2.05, 4.69) is 11.9 Å². The molecular formula is C14H19NO4. The van der Waals surface area contributed by atoms with Crippen molar-refractivity contribution in [1.29, 1.82) is 0 Å². The molecule has 0 bridgehead atoms. The normalized spacial score (nSPS) is 20.7. The Balaban J connectivity index is 2.57. The lowest BCUT2D eigenvalue weighted by Crippen LogP contribution is -2.25. The van der Waals surface area contributed by atoms with Crippen molar-refractivity contribution in [3.05, 3.63) is 24.3 Å². The van der Waals surface area contributed by atoms with Crippen molar-refractivity contribution < 1.29 is 19.5 Å². The van der Waals surface area contributed by atoms with Gasteiger partial charge in [0.05, 0.1) is 0 Å². The van der Waals surface area contributed by atoms with Crippen LogP contribution in [0.25, 0.3) is 0 Å². The van der Waals surface area contributed by atoms with Crippen LogP contribution in [0.5, 0.6) is 0 Å². The second kappa shape index (κ2) is 7.63. The lowest BCUT2D eigenvalue weighted by atomic mass is 9.95. The summed E-state index contributed by atoms with van der Waals surface area (Å²) in [4.78, 5) is 34.6. The lowest BCUT2D eigenvalue weighted by Gasteiger charge is -2.03. The van der Waals surface area contributed by atoms with Gasteiger partial charge in [0.25, 0.3) is 5.91 Å². The zero-order valence-electron chi connectivity index (χ0n) is 10.9. The molecule has 0 aliphatic carbocycles. The summed E-state index contributed by atoms with van der Waals surface area (Å²) in [7, 11) is 0. The summed E-state index contributed by atoms with van der Waals surface area (Å²) in [5, 5.41) is 10.8. The van der Waals surface area contributed by atoms with E-state index in [1.165, 1.54) is 0 Å². The Morgan fingerprint density at radius 1 is 1.26 bits per heavy atom. The fraction of sp³-hybridized carbons (Fsp3) is 0.500. The fourth-order valence-electron chi connectivity index (χ4n) is 2.01. The van der Waals surface area contributed by atoms with Gasteiger partial charge in [-0.2, -0.15) is 0 Å². The highest BCUT2D eigenvalue weighted by Gasteiger charge is 2.39. The molecule has 5 nitrogen and oxygen atoms in total. The third kappa shape index (κ3) is 4.13. The van der Waals surface area contributed by atoms with Crippen LogP contribution in [0, 0.1) is 5.92 Å². The molecule has 0 aromatic carbocycles. The smallest absolute Gasteiger partial charge is 0.254 e. The number of amides is 2. The molecule has 1 atom stereocenters. The summed E-state index contributed by atoms with van der Waals surface area (Å²) in [6, 6.07) is 0. The molecule has 2 amide bonds. The Kier molecular flexibility index (Phi) is 6.15. The van der Waals surface area contributed by atoms with Gasteiger partial charge in [0.15, 0.2) is 5.78 Å². The zero-order valence-corrected chi connectivity index (χ0v) is 10.9. The van der Waals surface area contributed by atoms with E-state index in [1.807, 2.05) is 0 Å². The molecule has 1 aliphatic rings. The van der Waals surface area contributed by atoms with Gasteiger partial charge in [-0.3, -0.25) is 19.7 Å². The molecule has 19 heavy (non-hydrogen) atoms. The van der Waals surface area contributed by atoms with Crippen LogP contribution in [-0.4, -0.2) is 29.3 Å². The van der Waals surface area contributed by atoms with Gasteiger partial charge < -0.3 is 5.11 Å². The maximum absolute atomic E-state index is 11.6. The van der Waals surface area contributed by atoms with Crippen LogP contribution in [0.2, 0.25) is 0 Å². The molecule has 1 fully saturated rings. The molecule has 0 radical (unpaired) electrons. The highest BCUT2D eigenvalue weighted by atomic mass is 16.3. The predicted molar refractivity (Wildman–Crippen MR) is 70.1 cm³/mol. The Hall–Kier alpha value is -1.75. The number of allylic oxidation sites excluding steroid dienone is 2. The average Bonchev–Trinajstić information content (AvgIpc) is 2.67. The SMILES string of the molecule is C=CC(=O)C1C(=O)NC(=O)/C1=C\CCCCCCO. The molecule has 1 rings (SSSR count). The lowest BCUT2D eigenvalue weighted by molar-refractivity contribution is -0.129. The number of unbranched alkanes of at least 4 members (excludes halogenated alkanes) is 4. The topological polar surface area (TPSA) is 83.5 Å². The van der Waals surface area contributed by atoms with E-state index in [-0.39, 0.29) is 12.2 Å². The van der Waals surface area contributed by atoms with Gasteiger partial charge in [0.1, 0.15) is 5.92 Å². The maximum atomic E-state index is 11.6. The minimum absolute atomic E-state index is 0.188. The van der Waals surface area contributed by atoms with E-state index in [1.54, 1.807) is 6.08 Å². The Morgan fingerprint density at radius 2 is 1.95 bits per heavy atom. The maximum Gasteiger partial charge on any atom is 0.254 e. The first-order valence-corrected chi connectivity index (χ1v) is 6.44. The number of nitrogens with one attached hydrogen (secondary N) is 1. The number of carbonyl (C=O) groups is 3. The monoisotopic (exact) mass is 265 g/mol. The number of ketones is 1. The molecule has 104 valence electrons. The second-order valence-corrected chi connectivity index (χ2v) is 4.44. The van der Waals surface area contributed by atoms with Crippen LogP contribution >= 0.6 is 0 Å². The molecule has 2 N–H and O–H groups in total. The van der Waals surface area contributed by atoms with Gasteiger partial charge in [-0.25, -0.2) is 0 Å². The third-order valence-electron chi connectivity index (χ3n) is 3.03. The summed E-state index contributed by atoms with van der Waals surface area (Å²) < 4.78 is 0. The van der Waals surface area contributed by atoms with E-state index in [0.29, 0.717) is 6.42 Å². The van der Waals surface area contributed by atoms with E-state index in [9.17, 15) is 14.4 Å². The van der Waals surface area contributed by atoms with Crippen LogP contribution in [0.4, 0.5) is 0 Å². The van der Waals surface area contributed by atoms with Crippen LogP contribution < -0.4 is 5.32 Å². The minimum atomic E-state index is -1.03. The van der Waals surface area contributed by atoms with Crippen LogP contribution in [0.15, 0.2) is 24.3 Å². The summed E-state index contributed by atoms with van der Waals surface area (Å²) >= 11 is 0. The first kappa shape index (κ1) is 15.3. The Morgan fingerprint density at radius 3 is 2.58 bits per heavy atom. The van der Waals surface area contributed by atoms with Crippen LogP contribution in [-0.2, 0) is 14.4 Å². The van der Waals surface area contributed by atoms with Gasteiger partial charge in [-0.15, -0.1) is 0 Å². The van der Waals surface area contributed by atoms with Gasteiger partial charge in [-0.1, -0.05) is 25.5 Å². The number of rotatable bonds is 8. The molecule has 1 aliphatic heterocycles. The van der Waals surface area contributed by atoms with Gasteiger partial charge >= 0.3 is 0 Å². The van der Waals surface area contributed by atoms with Crippen molar-refractivity contribution in [3.8, 4) is 0 Å². The number of aliphatic hydroxyl groups is 1. The van der Waals surface area contributed by atoms with Gasteiger partial charge in [0.2, 0.25) is 5.91 Å². The predicted octanol–water partition coefficient (Wildman–Crippen LogP) is 0.883. The first-order valence-electron chi connectivity index (χ1n) is 6.44. The molecule has 1 heterocycles. The molecule has 1 saturated heterocycles. The highest BCUT2D eigenvalue weighted by Crippen LogP contribution is 2.21. The second-order valence-electron chi connectivity index (χ2n) is 4.44. The summed E-state index contributed by atoms with van der Waals surface area (Å²) in [6.45, 7) is 3.53. The van der Waals surface area contributed by atoms with Gasteiger partial charge in [-0.05, 0) is 25.3 Å². The van der Waals surface area contributed by atoms with Crippen molar-refractivity contribution in [2.45, 2.75) is 32.1 Å². The average molecular weight is 265 g/mol. The van der Waals surface area contributed by atoms with Crippen molar-refractivity contribution in [2.24, 2.45) is 5.92 Å². The van der Waals surface area contributed by atoms with Crippen LogP contribution in [0.1, 0.15) is 32.1 Å². The van der Waals surface area contributed by atoms with E-state index < -0.39 is 23.5 Å². The largest absolute Gasteiger partial charge is 0.396 e. The Bertz CT molecular complexity index is 412. The molecule has 0 spiro atoms. The summed E-state index contributed by atoms with van der Waals surface area (Å²) in [6.07, 6.45) is 6.87. The Labute approximate surface area is 112 Å². The number of hydrogen-bond donors (Lipinski definition) is 2. The van der Waals surface area contributed by atoms with E-state index >= 15 is 0 Å². The minimum Gasteiger partial charge on any atom is -0.396 e. The molecule has 0 aromatic rings. The quantitative estimate of drug-likeness (QED) is 0.295. The van der Waals surface area contributed by atoms with E-state index in [0.717, 1.165) is 31.8 Å². The van der Waals surface area contributed by atoms with E-state index in [4.69, 9.17) is 5.11 Å². The van der Waals surface area contributed by atoms with Crippen LogP contribution in [0.3, 0.4) is 0 Å². The summed E-state index contributed by atoms with van der Waals surface area (Å²) in [5.41, 5.74) is 0.233. The highest BCUT2D eigenvalue weighted by molar-refractivity contribution is 6.25. The zero-order chi connectivity index (χ0) is 14.3. The molecule has 5 heteroatoms. The first-order chi connectivity index (χ1) is 9.11. The van der Waals surface area contributed by atoms with Gasteiger partial charge in [0, 0.05) is 12.2 Å². The molecule has 0 saturated carbocycles. The molecule has 1 unspecified atom stereocenters. The standard InChI is InChI=1S/C14H19NO4/c1-2-11(17)12-10(13(18)15-14(12)19)8-6-4-3-5-7-9-16/h2,8,12,16H,1,3-7,9H2,(H,15,18,19)/b10-8-. The van der Waals surface area contributed by atoms with Crippen molar-refractivity contribution >= 4 is 17.6 Å². The third-order valence-corrected chi connectivity index (χ3v) is 3.03. The molecule has 0 aromatic heterocycles. The number of imide groups is 1. The fourth-order valence-corrected chi connectivity index (χ4v) is 2.01. The van der Waals surface area contributed by atoms with Crippen molar-refractivity contribution in [1.82, 2.24) is 5.32 Å². The number of hydrogen-bond acceptors (Lipinski definition) is 4. The van der Waals surface area contributed by atoms with Crippen molar-refractivity contribution in [2.75, 3.05) is 6.61 Å².